The number of anilines is 1. The summed E-state index contributed by atoms with van der Waals surface area (Å²) in [5, 5.41) is 10.1. The Morgan fingerprint density at radius 1 is 1.15 bits per heavy atom. The third-order valence-electron chi connectivity index (χ3n) is 4.25. The van der Waals surface area contributed by atoms with Crippen molar-refractivity contribution >= 4 is 28.2 Å². The number of amides is 1. The van der Waals surface area contributed by atoms with Crippen LogP contribution < -0.4 is 4.90 Å². The Balaban J connectivity index is 2.38. The van der Waals surface area contributed by atoms with Crippen molar-refractivity contribution in [3.8, 4) is 10.4 Å². The first-order valence-corrected chi connectivity index (χ1v) is 9.97. The molecule has 1 aromatic carbocycles. The van der Waals surface area contributed by atoms with Crippen LogP contribution in [0.15, 0.2) is 30.3 Å². The zero-order valence-electron chi connectivity index (χ0n) is 16.2. The summed E-state index contributed by atoms with van der Waals surface area (Å²) < 4.78 is 13.2. The maximum absolute atomic E-state index is 13.2. The lowest BCUT2D eigenvalue weighted by Gasteiger charge is -2.26. The molecule has 0 saturated heterocycles. The molecular formula is C21H26FNO3S. The van der Waals surface area contributed by atoms with Crippen LogP contribution in [0.2, 0.25) is 0 Å². The lowest BCUT2D eigenvalue weighted by atomic mass is 10.1. The highest BCUT2D eigenvalue weighted by Crippen LogP contribution is 2.39. The maximum atomic E-state index is 13.2. The van der Waals surface area contributed by atoms with Crippen molar-refractivity contribution in [1.29, 1.82) is 0 Å². The molecule has 1 amide bonds. The van der Waals surface area contributed by atoms with Crippen molar-refractivity contribution in [3.63, 3.8) is 0 Å². The normalized spacial score (nSPS) is 11.2. The van der Waals surface area contributed by atoms with Gasteiger partial charge in [0.25, 0.3) is 0 Å². The molecule has 146 valence electrons. The van der Waals surface area contributed by atoms with Crippen molar-refractivity contribution < 1.29 is 19.1 Å². The van der Waals surface area contributed by atoms with Crippen LogP contribution in [0.1, 0.15) is 57.3 Å². The average Bonchev–Trinajstić information content (AvgIpc) is 3.00. The van der Waals surface area contributed by atoms with E-state index < -0.39 is 5.97 Å². The monoisotopic (exact) mass is 391 g/mol. The number of carboxylic acid groups (broad SMARTS) is 1. The van der Waals surface area contributed by atoms with Gasteiger partial charge in [-0.25, -0.2) is 9.18 Å². The molecule has 6 heteroatoms. The molecule has 0 aliphatic rings. The number of aromatic carboxylic acids is 1. The van der Waals surface area contributed by atoms with Gasteiger partial charge in [-0.2, -0.15) is 0 Å². The fraction of sp³-hybridized carbons (Fsp3) is 0.429. The van der Waals surface area contributed by atoms with Crippen LogP contribution in [0.3, 0.4) is 0 Å². The van der Waals surface area contributed by atoms with Crippen LogP contribution in [0.25, 0.3) is 10.4 Å². The molecule has 0 fully saturated rings. The number of rotatable bonds is 8. The molecule has 0 radical (unpaired) electrons. The quantitative estimate of drug-likeness (QED) is 0.617. The Morgan fingerprint density at radius 3 is 2.30 bits per heavy atom. The third-order valence-corrected chi connectivity index (χ3v) is 5.43. The van der Waals surface area contributed by atoms with Crippen LogP contribution in [0, 0.1) is 11.7 Å². The highest BCUT2D eigenvalue weighted by Gasteiger charge is 2.27. The summed E-state index contributed by atoms with van der Waals surface area (Å²) in [6.07, 6.45) is 2.12. The fourth-order valence-electron chi connectivity index (χ4n) is 2.89. The maximum Gasteiger partial charge on any atom is 0.338 e. The van der Waals surface area contributed by atoms with Gasteiger partial charge < -0.3 is 10.0 Å². The highest BCUT2D eigenvalue weighted by atomic mass is 32.1. The summed E-state index contributed by atoms with van der Waals surface area (Å²) in [4.78, 5) is 26.9. The number of hydrogen-bond acceptors (Lipinski definition) is 3. The second-order valence-electron chi connectivity index (χ2n) is 7.29. The van der Waals surface area contributed by atoms with Crippen molar-refractivity contribution in [2.75, 3.05) is 4.90 Å². The molecule has 1 N–H and O–H groups in total. The molecule has 2 aromatic rings. The molecule has 0 atom stereocenters. The zero-order chi connectivity index (χ0) is 20.1. The minimum absolute atomic E-state index is 0.0688. The van der Waals surface area contributed by atoms with Crippen molar-refractivity contribution in [1.82, 2.24) is 0 Å². The van der Waals surface area contributed by atoms with Gasteiger partial charge in [-0.1, -0.05) is 32.4 Å². The SMILES string of the molecule is CC(C)CCCC(=O)N(c1sc(-c2ccc(F)cc2)cc1C(=O)O)C(C)C. The van der Waals surface area contributed by atoms with Gasteiger partial charge >= 0.3 is 5.97 Å². The van der Waals surface area contributed by atoms with Crippen LogP contribution >= 0.6 is 11.3 Å². The van der Waals surface area contributed by atoms with Crippen molar-refractivity contribution in [2.24, 2.45) is 5.92 Å². The van der Waals surface area contributed by atoms with Gasteiger partial charge in [0.05, 0.1) is 5.56 Å². The van der Waals surface area contributed by atoms with Gasteiger partial charge in [0.15, 0.2) is 0 Å². The largest absolute Gasteiger partial charge is 0.478 e. The van der Waals surface area contributed by atoms with E-state index in [1.54, 1.807) is 23.1 Å². The van der Waals surface area contributed by atoms with Crippen LogP contribution in [0.4, 0.5) is 9.39 Å². The Morgan fingerprint density at radius 2 is 1.78 bits per heavy atom. The van der Waals surface area contributed by atoms with Gasteiger partial charge in [-0.15, -0.1) is 11.3 Å². The van der Waals surface area contributed by atoms with E-state index in [0.717, 1.165) is 18.4 Å². The lowest BCUT2D eigenvalue weighted by Crippen LogP contribution is -2.37. The third kappa shape index (κ3) is 5.39. The summed E-state index contributed by atoms with van der Waals surface area (Å²) in [7, 11) is 0. The minimum atomic E-state index is -1.07. The zero-order valence-corrected chi connectivity index (χ0v) is 17.0. The van der Waals surface area contributed by atoms with E-state index in [1.165, 1.54) is 23.5 Å². The molecular weight excluding hydrogens is 365 g/mol. The molecule has 4 nitrogen and oxygen atoms in total. The smallest absolute Gasteiger partial charge is 0.338 e. The summed E-state index contributed by atoms with van der Waals surface area (Å²) in [5.74, 6) is -0.972. The number of benzene rings is 1. The number of halogens is 1. The first-order valence-electron chi connectivity index (χ1n) is 9.15. The molecule has 1 aromatic heterocycles. The molecule has 27 heavy (non-hydrogen) atoms. The number of hydrogen-bond donors (Lipinski definition) is 1. The van der Waals surface area contributed by atoms with E-state index in [1.807, 2.05) is 13.8 Å². The molecule has 0 bridgehead atoms. The predicted octanol–water partition coefficient (Wildman–Crippen LogP) is 5.82. The summed E-state index contributed by atoms with van der Waals surface area (Å²) in [6.45, 7) is 7.98. The second-order valence-corrected chi connectivity index (χ2v) is 8.32. The van der Waals surface area contributed by atoms with Crippen molar-refractivity contribution in [2.45, 2.75) is 53.0 Å². The van der Waals surface area contributed by atoms with Gasteiger partial charge in [-0.05, 0) is 49.9 Å². The van der Waals surface area contributed by atoms with Gasteiger partial charge in [0.1, 0.15) is 10.8 Å². The Labute approximate surface area is 163 Å². The summed E-state index contributed by atoms with van der Waals surface area (Å²) in [6, 6.07) is 7.31. The number of carbonyl (C=O) groups excluding carboxylic acids is 1. The Kier molecular flexibility index (Phi) is 7.13. The van der Waals surface area contributed by atoms with Crippen LogP contribution in [-0.2, 0) is 4.79 Å². The molecule has 0 aliphatic heterocycles. The van der Waals surface area contributed by atoms with E-state index in [2.05, 4.69) is 13.8 Å². The van der Waals surface area contributed by atoms with Crippen LogP contribution in [-0.4, -0.2) is 23.0 Å². The second kappa shape index (κ2) is 9.13. The number of carbonyl (C=O) groups is 2. The molecule has 0 saturated carbocycles. The molecule has 0 unspecified atom stereocenters. The van der Waals surface area contributed by atoms with Crippen molar-refractivity contribution in [3.05, 3.63) is 41.7 Å². The first-order chi connectivity index (χ1) is 12.7. The Bertz CT molecular complexity index is 796. The molecule has 0 spiro atoms. The Hall–Kier alpha value is -2.21. The highest BCUT2D eigenvalue weighted by molar-refractivity contribution is 7.20. The number of nitrogens with zero attached hydrogens (tertiary/aromatic N) is 1. The van der Waals surface area contributed by atoms with E-state index in [9.17, 15) is 19.1 Å². The van der Waals surface area contributed by atoms with Gasteiger partial charge in [-0.3, -0.25) is 4.79 Å². The standard InChI is InChI=1S/C21H26FNO3S/c1-13(2)6-5-7-19(24)23(14(3)4)20-17(21(25)26)12-18(27-20)15-8-10-16(22)11-9-15/h8-14H,5-7H2,1-4H3,(H,25,26). The first kappa shape index (κ1) is 21.1. The molecule has 1 heterocycles. The predicted molar refractivity (Wildman–Crippen MR) is 108 cm³/mol. The molecule has 0 aliphatic carbocycles. The van der Waals surface area contributed by atoms with E-state index in [4.69, 9.17) is 0 Å². The van der Waals surface area contributed by atoms with Gasteiger partial charge in [0, 0.05) is 17.3 Å². The van der Waals surface area contributed by atoms with E-state index >= 15 is 0 Å². The topological polar surface area (TPSA) is 57.6 Å². The van der Waals surface area contributed by atoms with Crippen LogP contribution in [0.5, 0.6) is 0 Å². The number of thiophene rings is 1. The fourth-order valence-corrected chi connectivity index (χ4v) is 4.19. The summed E-state index contributed by atoms with van der Waals surface area (Å²) in [5.41, 5.74) is 0.830. The van der Waals surface area contributed by atoms with E-state index in [0.29, 0.717) is 22.2 Å². The summed E-state index contributed by atoms with van der Waals surface area (Å²) >= 11 is 1.25. The van der Waals surface area contributed by atoms with Gasteiger partial charge in [0.2, 0.25) is 5.91 Å². The van der Waals surface area contributed by atoms with E-state index in [-0.39, 0.29) is 23.3 Å². The lowest BCUT2D eigenvalue weighted by molar-refractivity contribution is -0.119. The minimum Gasteiger partial charge on any atom is -0.478 e. The number of carboxylic acids is 1. The molecule has 2 rings (SSSR count). The average molecular weight is 392 g/mol.